The normalized spacial score (nSPS) is 24.7. The zero-order valence-corrected chi connectivity index (χ0v) is 8.11. The van der Waals surface area contributed by atoms with E-state index in [0.717, 1.165) is 0 Å². The fraction of sp³-hybridized carbons (Fsp3) is 0.545. The highest BCUT2D eigenvalue weighted by Crippen LogP contribution is 2.28. The van der Waals surface area contributed by atoms with Crippen LogP contribution in [0.3, 0.4) is 0 Å². The van der Waals surface area contributed by atoms with Gasteiger partial charge in [-0.2, -0.15) is 0 Å². The van der Waals surface area contributed by atoms with Gasteiger partial charge in [-0.25, -0.2) is 4.57 Å². The molecule has 0 amide bonds. The van der Waals surface area contributed by atoms with Crippen LogP contribution >= 0.6 is 0 Å². The lowest BCUT2D eigenvalue weighted by Gasteiger charge is -2.17. The van der Waals surface area contributed by atoms with Crippen molar-refractivity contribution < 1.29 is 5.94 Å². The third-order valence-corrected chi connectivity index (χ3v) is 2.79. The number of aromatic nitrogens is 1. The summed E-state index contributed by atoms with van der Waals surface area (Å²) in [6.45, 7) is 1.19. The molecule has 1 saturated heterocycles. The number of aryl methyl sites for hydroxylation is 1. The van der Waals surface area contributed by atoms with E-state index in [2.05, 4.69) is 24.2 Å². The minimum atomic E-state index is 0.310. The van der Waals surface area contributed by atoms with Crippen LogP contribution in [-0.4, -0.2) is 18.5 Å². The first-order valence-corrected chi connectivity index (χ1v) is 4.80. The Morgan fingerprint density at radius 3 is 3.31 bits per heavy atom. The van der Waals surface area contributed by atoms with Crippen molar-refractivity contribution in [2.75, 3.05) is 13.6 Å². The lowest BCUT2D eigenvalue weighted by molar-refractivity contribution is -0.672. The SMILES string of the molecule is [3H]C[n+]1cccc([C@@H]2CCCN2C)c1. The van der Waals surface area contributed by atoms with Gasteiger partial charge >= 0.3 is 0 Å². The standard InChI is InChI=1S/C11H17N2/c1-12-7-3-5-10(9-12)11-6-4-8-13(11)2/h3,5,7,9,11H,4,6,8H2,1-2H3/q+1/t11-/m0/s1/i1T. The maximum absolute atomic E-state index is 7.31. The molecule has 1 aromatic heterocycles. The first-order valence-electron chi connectivity index (χ1n) is 5.50. The van der Waals surface area contributed by atoms with E-state index in [1.165, 1.54) is 24.9 Å². The average Bonchev–Trinajstić information content (AvgIpc) is 2.65. The van der Waals surface area contributed by atoms with E-state index >= 15 is 0 Å². The summed E-state index contributed by atoms with van der Waals surface area (Å²) in [6.07, 6.45) is 6.58. The van der Waals surface area contributed by atoms with Crippen molar-refractivity contribution in [1.29, 1.82) is 0 Å². The summed E-state index contributed by atoms with van der Waals surface area (Å²) >= 11 is 0. The first kappa shape index (κ1) is 7.51. The van der Waals surface area contributed by atoms with E-state index in [-0.39, 0.29) is 0 Å². The first-order chi connectivity index (χ1) is 6.81. The Balaban J connectivity index is 2.22. The molecule has 70 valence electrons. The predicted octanol–water partition coefficient (Wildman–Crippen LogP) is 1.28. The van der Waals surface area contributed by atoms with Crippen molar-refractivity contribution in [2.24, 2.45) is 7.02 Å². The molecule has 2 heterocycles. The minimum Gasteiger partial charge on any atom is -0.299 e. The molecule has 2 heteroatoms. The number of hydrogen-bond donors (Lipinski definition) is 0. The zero-order valence-electron chi connectivity index (χ0n) is 9.11. The van der Waals surface area contributed by atoms with Crippen molar-refractivity contribution in [3.8, 4) is 0 Å². The fourth-order valence-corrected chi connectivity index (χ4v) is 2.07. The summed E-state index contributed by atoms with van der Waals surface area (Å²) in [7, 11) is 2.49. The van der Waals surface area contributed by atoms with E-state index in [9.17, 15) is 0 Å². The quantitative estimate of drug-likeness (QED) is 0.589. The lowest BCUT2D eigenvalue weighted by Crippen LogP contribution is -2.29. The Morgan fingerprint density at radius 1 is 1.69 bits per heavy atom. The minimum absolute atomic E-state index is 0.310. The molecule has 0 unspecified atom stereocenters. The highest BCUT2D eigenvalue weighted by atomic mass is 15.1. The summed E-state index contributed by atoms with van der Waals surface area (Å²) in [5.74, 6) is 0. The smallest absolute Gasteiger partial charge is 0.173 e. The molecule has 1 aliphatic heterocycles. The van der Waals surface area contributed by atoms with Gasteiger partial charge in [0.15, 0.2) is 12.4 Å². The Hall–Kier alpha value is -0.890. The van der Waals surface area contributed by atoms with Gasteiger partial charge < -0.3 is 0 Å². The molecule has 0 aromatic carbocycles. The molecular formula is C11H17N2+. The molecule has 0 aliphatic carbocycles. The molecule has 0 saturated carbocycles. The summed E-state index contributed by atoms with van der Waals surface area (Å²) in [5, 5.41) is 0. The Kier molecular flexibility index (Phi) is 2.00. The third-order valence-electron chi connectivity index (χ3n) is 2.79. The second-order valence-corrected chi connectivity index (χ2v) is 3.79. The molecule has 13 heavy (non-hydrogen) atoms. The van der Waals surface area contributed by atoms with E-state index in [1.807, 2.05) is 16.8 Å². The van der Waals surface area contributed by atoms with Crippen LogP contribution < -0.4 is 4.57 Å². The second-order valence-electron chi connectivity index (χ2n) is 3.79. The van der Waals surface area contributed by atoms with Crippen molar-refractivity contribution in [3.63, 3.8) is 0 Å². The van der Waals surface area contributed by atoms with Gasteiger partial charge in [0, 0.05) is 17.7 Å². The number of rotatable bonds is 1. The predicted molar refractivity (Wildman–Crippen MR) is 52.2 cm³/mol. The van der Waals surface area contributed by atoms with Crippen LogP contribution in [0.1, 0.15) is 25.8 Å². The van der Waals surface area contributed by atoms with Gasteiger partial charge in [0.25, 0.3) is 0 Å². The van der Waals surface area contributed by atoms with Gasteiger partial charge in [0.05, 0.1) is 0 Å². The van der Waals surface area contributed by atoms with Crippen molar-refractivity contribution in [3.05, 3.63) is 30.1 Å². The number of pyridine rings is 1. The summed E-state index contributed by atoms with van der Waals surface area (Å²) in [5.41, 5.74) is 1.35. The van der Waals surface area contributed by atoms with Crippen LogP contribution in [0.4, 0.5) is 0 Å². The molecule has 2 nitrogen and oxygen atoms in total. The van der Waals surface area contributed by atoms with Crippen LogP contribution in [0, 0.1) is 0 Å². The Morgan fingerprint density at radius 2 is 2.62 bits per heavy atom. The van der Waals surface area contributed by atoms with Crippen LogP contribution in [0.15, 0.2) is 24.5 Å². The molecule has 1 aliphatic rings. The fourth-order valence-electron chi connectivity index (χ4n) is 2.07. The summed E-state index contributed by atoms with van der Waals surface area (Å²) in [6, 6.07) is 4.77. The van der Waals surface area contributed by atoms with Gasteiger partial charge in [-0.1, -0.05) is 0 Å². The maximum Gasteiger partial charge on any atom is 0.173 e. The van der Waals surface area contributed by atoms with E-state index in [1.54, 1.807) is 0 Å². The molecule has 0 radical (unpaired) electrons. The van der Waals surface area contributed by atoms with Gasteiger partial charge in [-0.3, -0.25) is 4.90 Å². The summed E-state index contributed by atoms with van der Waals surface area (Å²) in [4.78, 5) is 2.39. The van der Waals surface area contributed by atoms with E-state index in [4.69, 9.17) is 1.37 Å². The highest BCUT2D eigenvalue weighted by Gasteiger charge is 2.23. The topological polar surface area (TPSA) is 7.12 Å². The number of likely N-dealkylation sites (tertiary alicyclic amines) is 1. The Labute approximate surface area is 81.2 Å². The van der Waals surface area contributed by atoms with Gasteiger partial charge in [0.2, 0.25) is 0 Å². The van der Waals surface area contributed by atoms with Gasteiger partial charge in [-0.05, 0) is 32.5 Å². The molecule has 1 atom stereocenters. The van der Waals surface area contributed by atoms with E-state index < -0.39 is 0 Å². The number of hydrogen-bond acceptors (Lipinski definition) is 1. The van der Waals surface area contributed by atoms with E-state index in [0.29, 0.717) is 13.1 Å². The average molecular weight is 179 g/mol. The molecular weight excluding hydrogens is 160 g/mol. The highest BCUT2D eigenvalue weighted by molar-refractivity contribution is 5.12. The maximum atomic E-state index is 7.31. The lowest BCUT2D eigenvalue weighted by atomic mass is 10.1. The zero-order chi connectivity index (χ0) is 9.97. The Bertz CT molecular complexity index is 314. The summed E-state index contributed by atoms with van der Waals surface area (Å²) < 4.78 is 9.23. The molecule has 2 rings (SSSR count). The van der Waals surface area contributed by atoms with Crippen LogP contribution in [0.25, 0.3) is 0 Å². The second kappa shape index (κ2) is 3.46. The van der Waals surface area contributed by atoms with Gasteiger partial charge in [-0.15, -0.1) is 0 Å². The van der Waals surface area contributed by atoms with Crippen molar-refractivity contribution in [1.82, 2.24) is 4.90 Å². The molecule has 0 N–H and O–H groups in total. The van der Waals surface area contributed by atoms with Crippen LogP contribution in [-0.2, 0) is 7.02 Å². The molecule has 0 bridgehead atoms. The number of nitrogens with zero attached hydrogens (tertiary/aromatic N) is 2. The van der Waals surface area contributed by atoms with Crippen LogP contribution in [0.2, 0.25) is 0 Å². The molecule has 1 aromatic rings. The molecule has 0 spiro atoms. The van der Waals surface area contributed by atoms with Crippen molar-refractivity contribution in [2.45, 2.75) is 18.9 Å². The van der Waals surface area contributed by atoms with Crippen LogP contribution in [0.5, 0.6) is 0 Å². The molecule has 1 fully saturated rings. The van der Waals surface area contributed by atoms with Crippen molar-refractivity contribution >= 4 is 0 Å². The third kappa shape index (κ3) is 1.73. The van der Waals surface area contributed by atoms with Gasteiger partial charge in [0.1, 0.15) is 8.39 Å². The monoisotopic (exact) mass is 179 g/mol. The largest absolute Gasteiger partial charge is 0.299 e.